The molecule has 0 fully saturated rings. The fourth-order valence-electron chi connectivity index (χ4n) is 6.65. The van der Waals surface area contributed by atoms with Crippen LogP contribution < -0.4 is 29.0 Å². The van der Waals surface area contributed by atoms with Gasteiger partial charge in [-0.2, -0.15) is 27.0 Å². The second kappa shape index (κ2) is 19.4. The van der Waals surface area contributed by atoms with Gasteiger partial charge in [0.25, 0.3) is 32.1 Å². The Kier molecular flexibility index (Phi) is 14.1. The SMILES string of the molecule is COc1ccc(CC2C(=O)N(c3ccc(S(=O)(=O)O)cc3)N=C2C)cc1OCCOc1cc(CC2C(=O)N(c3ccc(S(=O)(=O)O)cc3)N=C2C)ccc1OC.c1ccccc1. The van der Waals surface area contributed by atoms with E-state index in [4.69, 9.17) is 18.9 Å². The lowest BCUT2D eigenvalue weighted by atomic mass is 9.95. The molecule has 324 valence electrons. The number of hydrogen-bond acceptors (Lipinski definition) is 12. The molecule has 2 aliphatic rings. The van der Waals surface area contributed by atoms with Crippen LogP contribution in [0, 0.1) is 11.8 Å². The first kappa shape index (κ1) is 44.9. The van der Waals surface area contributed by atoms with E-state index in [0.29, 0.717) is 58.6 Å². The van der Waals surface area contributed by atoms with Gasteiger partial charge in [-0.15, -0.1) is 0 Å². The highest BCUT2D eigenvalue weighted by molar-refractivity contribution is 7.86. The van der Waals surface area contributed by atoms with Crippen LogP contribution in [0.25, 0.3) is 0 Å². The van der Waals surface area contributed by atoms with Crippen LogP contribution in [-0.4, -0.2) is 76.6 Å². The van der Waals surface area contributed by atoms with Crippen molar-refractivity contribution in [2.24, 2.45) is 22.0 Å². The van der Waals surface area contributed by atoms with Gasteiger partial charge in [-0.3, -0.25) is 18.7 Å². The van der Waals surface area contributed by atoms with Gasteiger partial charge in [-0.1, -0.05) is 48.5 Å². The van der Waals surface area contributed by atoms with Gasteiger partial charge >= 0.3 is 0 Å². The van der Waals surface area contributed by atoms with Gasteiger partial charge in [0.2, 0.25) is 0 Å². The lowest BCUT2D eigenvalue weighted by Gasteiger charge is -2.17. The van der Waals surface area contributed by atoms with Crippen LogP contribution in [0.1, 0.15) is 25.0 Å². The third-order valence-electron chi connectivity index (χ3n) is 9.90. The Balaban J connectivity index is 0.000000983. The normalized spacial score (nSPS) is 16.3. The number of amides is 2. The molecule has 0 saturated carbocycles. The fraction of sp³-hybridized carbons (Fsp3) is 0.227. The molecule has 62 heavy (non-hydrogen) atoms. The van der Waals surface area contributed by atoms with Crippen molar-refractivity contribution >= 4 is 54.8 Å². The molecular formula is C44H44N4O12S2. The quantitative estimate of drug-likeness (QED) is 0.0852. The highest BCUT2D eigenvalue weighted by atomic mass is 32.2. The monoisotopic (exact) mass is 884 g/mol. The smallest absolute Gasteiger partial charge is 0.294 e. The van der Waals surface area contributed by atoms with Crippen LogP contribution in [0.2, 0.25) is 0 Å². The number of carbonyl (C=O) groups is 2. The van der Waals surface area contributed by atoms with Crippen LogP contribution in [0.15, 0.2) is 141 Å². The average molecular weight is 885 g/mol. The van der Waals surface area contributed by atoms with E-state index in [-0.39, 0.29) is 34.8 Å². The van der Waals surface area contributed by atoms with E-state index in [9.17, 15) is 35.5 Å². The second-order valence-corrected chi connectivity index (χ2v) is 16.9. The Morgan fingerprint density at radius 2 is 0.871 bits per heavy atom. The lowest BCUT2D eigenvalue weighted by molar-refractivity contribution is -0.120. The predicted molar refractivity (Wildman–Crippen MR) is 232 cm³/mol. The fourth-order valence-corrected chi connectivity index (χ4v) is 7.61. The van der Waals surface area contributed by atoms with E-state index in [1.165, 1.54) is 72.8 Å². The molecule has 2 N–H and O–H groups in total. The van der Waals surface area contributed by atoms with E-state index in [1.54, 1.807) is 38.1 Å². The van der Waals surface area contributed by atoms with Gasteiger partial charge in [0.15, 0.2) is 23.0 Å². The Hall–Kier alpha value is -6.60. The summed E-state index contributed by atoms with van der Waals surface area (Å²) in [5.74, 6) is 0.0376. The zero-order valence-corrected chi connectivity index (χ0v) is 35.7. The summed E-state index contributed by atoms with van der Waals surface area (Å²) in [6.07, 6.45) is 0.612. The van der Waals surface area contributed by atoms with E-state index in [2.05, 4.69) is 10.2 Å². The number of nitrogens with zero attached hydrogens (tertiary/aromatic N) is 4. The third-order valence-corrected chi connectivity index (χ3v) is 11.6. The Bertz CT molecular complexity index is 2500. The van der Waals surface area contributed by atoms with Crippen molar-refractivity contribution in [3.05, 3.63) is 132 Å². The van der Waals surface area contributed by atoms with Gasteiger partial charge in [-0.05, 0) is 111 Å². The first-order chi connectivity index (χ1) is 29.6. The molecule has 7 rings (SSSR count). The topological polar surface area (TPSA) is 211 Å². The zero-order valence-electron chi connectivity index (χ0n) is 34.1. The predicted octanol–water partition coefficient (Wildman–Crippen LogP) is 6.50. The third kappa shape index (κ3) is 10.8. The van der Waals surface area contributed by atoms with Crippen molar-refractivity contribution in [2.45, 2.75) is 36.5 Å². The lowest BCUT2D eigenvalue weighted by Crippen LogP contribution is -2.28. The van der Waals surface area contributed by atoms with Crippen molar-refractivity contribution in [3.8, 4) is 23.0 Å². The summed E-state index contributed by atoms with van der Waals surface area (Å²) >= 11 is 0. The first-order valence-electron chi connectivity index (χ1n) is 19.1. The molecule has 2 amide bonds. The van der Waals surface area contributed by atoms with Crippen molar-refractivity contribution in [1.29, 1.82) is 0 Å². The zero-order chi connectivity index (χ0) is 44.6. The number of hydrazone groups is 2. The van der Waals surface area contributed by atoms with Crippen LogP contribution in [0.4, 0.5) is 11.4 Å². The molecule has 2 unspecified atom stereocenters. The molecule has 5 aromatic rings. The van der Waals surface area contributed by atoms with Crippen LogP contribution in [-0.2, 0) is 42.7 Å². The Labute approximate surface area is 359 Å². The number of anilines is 2. The summed E-state index contributed by atoms with van der Waals surface area (Å²) in [4.78, 5) is 26.2. The molecule has 0 spiro atoms. The summed E-state index contributed by atoms with van der Waals surface area (Å²) in [5.41, 5.74) is 3.42. The highest BCUT2D eigenvalue weighted by Crippen LogP contribution is 2.34. The Morgan fingerprint density at radius 3 is 1.18 bits per heavy atom. The van der Waals surface area contributed by atoms with Gasteiger partial charge in [-0.25, -0.2) is 10.0 Å². The van der Waals surface area contributed by atoms with Gasteiger partial charge < -0.3 is 18.9 Å². The van der Waals surface area contributed by atoms with Crippen molar-refractivity contribution in [1.82, 2.24) is 0 Å². The summed E-state index contributed by atoms with van der Waals surface area (Å²) in [5, 5.41) is 11.2. The molecule has 16 nitrogen and oxygen atoms in total. The molecule has 0 radical (unpaired) electrons. The minimum Gasteiger partial charge on any atom is -0.493 e. The number of benzene rings is 5. The first-order valence-corrected chi connectivity index (χ1v) is 22.0. The van der Waals surface area contributed by atoms with Gasteiger partial charge in [0.05, 0.1) is 47.2 Å². The summed E-state index contributed by atoms with van der Waals surface area (Å²) in [6.45, 7) is 3.70. The number of ether oxygens (including phenoxy) is 4. The molecule has 0 saturated heterocycles. The van der Waals surface area contributed by atoms with E-state index in [0.717, 1.165) is 11.1 Å². The maximum Gasteiger partial charge on any atom is 0.294 e. The highest BCUT2D eigenvalue weighted by Gasteiger charge is 2.36. The molecule has 0 bridgehead atoms. The molecule has 2 heterocycles. The van der Waals surface area contributed by atoms with Gasteiger partial charge in [0, 0.05) is 11.4 Å². The van der Waals surface area contributed by atoms with E-state index in [1.807, 2.05) is 48.5 Å². The molecule has 2 atom stereocenters. The standard InChI is InChI=1S/C38H38N4O12S2.C6H6/c1-23-31(37(43)41(39-23)27-7-11-29(12-8-27)55(45,46)47)19-25-5-15-33(51-3)35(21-25)53-17-18-54-36-22-26(6-16-34(36)52-4)20-32-24(2)40-42(38(32)44)28-9-13-30(14-10-28)56(48,49)50;1-2-4-6-5-3-1/h5-16,21-22,31-32H,17-20H2,1-4H3,(H,45,46,47)(H,48,49,50);1-6H. The van der Waals surface area contributed by atoms with Gasteiger partial charge in [0.1, 0.15) is 13.2 Å². The maximum absolute atomic E-state index is 13.4. The molecule has 5 aromatic carbocycles. The summed E-state index contributed by atoms with van der Waals surface area (Å²) in [6, 6.07) is 33.1. The van der Waals surface area contributed by atoms with Crippen molar-refractivity contribution in [3.63, 3.8) is 0 Å². The maximum atomic E-state index is 13.4. The largest absolute Gasteiger partial charge is 0.493 e. The average Bonchev–Trinajstić information content (AvgIpc) is 3.70. The summed E-state index contributed by atoms with van der Waals surface area (Å²) < 4.78 is 87.4. The minimum atomic E-state index is -4.38. The number of carbonyl (C=O) groups excluding carboxylic acids is 2. The Morgan fingerprint density at radius 1 is 0.532 bits per heavy atom. The minimum absolute atomic E-state index is 0.113. The molecule has 18 heteroatoms. The van der Waals surface area contributed by atoms with Crippen LogP contribution in [0.5, 0.6) is 23.0 Å². The van der Waals surface area contributed by atoms with Crippen molar-refractivity contribution in [2.75, 3.05) is 37.5 Å². The molecule has 0 aliphatic carbocycles. The number of rotatable bonds is 15. The summed E-state index contributed by atoms with van der Waals surface area (Å²) in [7, 11) is -5.74. The van der Waals surface area contributed by atoms with Crippen LogP contribution in [0.3, 0.4) is 0 Å². The van der Waals surface area contributed by atoms with Crippen molar-refractivity contribution < 1.29 is 54.5 Å². The van der Waals surface area contributed by atoms with E-state index >= 15 is 0 Å². The second-order valence-electron chi connectivity index (χ2n) is 14.1. The number of hydrogen-bond donors (Lipinski definition) is 2. The van der Waals surface area contributed by atoms with E-state index < -0.39 is 32.1 Å². The molecule has 0 aromatic heterocycles. The molecular weight excluding hydrogens is 841 g/mol. The van der Waals surface area contributed by atoms with Crippen LogP contribution >= 0.6 is 0 Å². The molecule has 2 aliphatic heterocycles. The number of methoxy groups -OCH3 is 2.